The molecular weight excluding hydrogens is 294 g/mol. The van der Waals surface area contributed by atoms with E-state index in [9.17, 15) is 0 Å². The van der Waals surface area contributed by atoms with Gasteiger partial charge in [0.1, 0.15) is 0 Å². The van der Waals surface area contributed by atoms with Gasteiger partial charge in [-0.15, -0.1) is 0 Å². The molecule has 2 aromatic rings. The highest BCUT2D eigenvalue weighted by Crippen LogP contribution is 2.40. The summed E-state index contributed by atoms with van der Waals surface area (Å²) in [5, 5.41) is 0.948. The monoisotopic (exact) mass is 315 g/mol. The van der Waals surface area contributed by atoms with Gasteiger partial charge in [-0.1, -0.05) is 23.7 Å². The lowest BCUT2D eigenvalue weighted by Gasteiger charge is -2.37. The van der Waals surface area contributed by atoms with E-state index in [1.165, 1.54) is 49.2 Å². The first-order valence-corrected chi connectivity index (χ1v) is 8.61. The van der Waals surface area contributed by atoms with Crippen LogP contribution in [0, 0.1) is 6.92 Å². The third kappa shape index (κ3) is 2.37. The number of fused-ring (bicyclic) bond motifs is 1. The molecule has 0 amide bonds. The number of nitrogens with zero attached hydrogens (tertiary/aromatic N) is 3. The number of likely N-dealkylation sites (tertiary alicyclic amines) is 1. The van der Waals surface area contributed by atoms with E-state index in [0.29, 0.717) is 12.1 Å². The van der Waals surface area contributed by atoms with E-state index in [0.717, 1.165) is 11.4 Å². The average molecular weight is 316 g/mol. The Morgan fingerprint density at radius 2 is 2.00 bits per heavy atom. The fourth-order valence-corrected chi connectivity index (χ4v) is 4.47. The van der Waals surface area contributed by atoms with Crippen LogP contribution in [0.3, 0.4) is 0 Å². The van der Waals surface area contributed by atoms with Crippen LogP contribution >= 0.6 is 11.6 Å². The van der Waals surface area contributed by atoms with Gasteiger partial charge in [0.2, 0.25) is 0 Å². The molecule has 0 radical (unpaired) electrons. The maximum Gasteiger partial charge on any atom is 0.0950 e. The number of imidazole rings is 1. The van der Waals surface area contributed by atoms with E-state index in [1.807, 2.05) is 18.6 Å². The summed E-state index contributed by atoms with van der Waals surface area (Å²) in [5.41, 5.74) is 4.11. The molecule has 0 bridgehead atoms. The van der Waals surface area contributed by atoms with Crippen molar-refractivity contribution in [2.24, 2.45) is 0 Å². The smallest absolute Gasteiger partial charge is 0.0950 e. The first-order chi connectivity index (χ1) is 10.7. The minimum absolute atomic E-state index is 0.568. The number of hydrogen-bond donors (Lipinski definition) is 0. The maximum atomic E-state index is 6.35. The van der Waals surface area contributed by atoms with Gasteiger partial charge in [-0.3, -0.25) is 4.90 Å². The fraction of sp³-hybridized carbons (Fsp3) is 0.500. The standard InChI is InChI=1S/C18H22ClN3/c1-13-11-20-12-22(13)14-7-9-21(10-8-14)18-6-5-15-16(18)3-2-4-17(15)19/h2-4,11-12,14,18H,5-10H2,1H3/t18-/m1/s1. The Morgan fingerprint density at radius 3 is 2.73 bits per heavy atom. The molecule has 2 heterocycles. The molecule has 1 fully saturated rings. The summed E-state index contributed by atoms with van der Waals surface area (Å²) in [6.07, 6.45) is 8.71. The Balaban J connectivity index is 1.47. The van der Waals surface area contributed by atoms with Gasteiger partial charge in [0.25, 0.3) is 0 Å². The van der Waals surface area contributed by atoms with E-state index in [2.05, 4.69) is 33.5 Å². The third-order valence-corrected chi connectivity index (χ3v) is 5.73. The largest absolute Gasteiger partial charge is 0.332 e. The summed E-state index contributed by atoms with van der Waals surface area (Å²) in [6, 6.07) is 7.57. The zero-order valence-electron chi connectivity index (χ0n) is 13.0. The predicted octanol–water partition coefficient (Wildman–Crippen LogP) is 4.17. The van der Waals surface area contributed by atoms with E-state index in [-0.39, 0.29) is 0 Å². The first-order valence-electron chi connectivity index (χ1n) is 8.24. The molecule has 0 N–H and O–H groups in total. The first kappa shape index (κ1) is 14.3. The fourth-order valence-electron chi connectivity index (χ4n) is 4.20. The Hall–Kier alpha value is -1.32. The summed E-state index contributed by atoms with van der Waals surface area (Å²) < 4.78 is 2.34. The molecule has 22 heavy (non-hydrogen) atoms. The predicted molar refractivity (Wildman–Crippen MR) is 89.3 cm³/mol. The molecule has 0 saturated carbocycles. The van der Waals surface area contributed by atoms with Crippen molar-refractivity contribution in [3.05, 3.63) is 52.6 Å². The van der Waals surface area contributed by atoms with E-state index >= 15 is 0 Å². The molecule has 1 saturated heterocycles. The van der Waals surface area contributed by atoms with Crippen molar-refractivity contribution in [3.8, 4) is 0 Å². The average Bonchev–Trinajstić information content (AvgIpc) is 3.15. The van der Waals surface area contributed by atoms with Crippen molar-refractivity contribution in [2.45, 2.75) is 44.7 Å². The quantitative estimate of drug-likeness (QED) is 0.829. The second-order valence-corrected chi connectivity index (χ2v) is 6.98. The summed E-state index contributed by atoms with van der Waals surface area (Å²) in [4.78, 5) is 6.93. The Bertz CT molecular complexity index is 671. The van der Waals surface area contributed by atoms with Crippen molar-refractivity contribution < 1.29 is 0 Å². The highest BCUT2D eigenvalue weighted by atomic mass is 35.5. The Labute approximate surface area is 136 Å². The van der Waals surface area contributed by atoms with Crippen LogP contribution in [-0.4, -0.2) is 27.5 Å². The SMILES string of the molecule is Cc1cncn1C1CCN([C@@H]2CCc3c(Cl)cccc32)CC1. The van der Waals surface area contributed by atoms with Crippen LogP contribution in [-0.2, 0) is 6.42 Å². The molecule has 0 spiro atoms. The molecular formula is C18H22ClN3. The van der Waals surface area contributed by atoms with Crippen LogP contribution in [0.4, 0.5) is 0 Å². The normalized spacial score (nSPS) is 22.9. The van der Waals surface area contributed by atoms with E-state index in [1.54, 1.807) is 0 Å². The van der Waals surface area contributed by atoms with Gasteiger partial charge in [0.05, 0.1) is 6.33 Å². The molecule has 2 aliphatic rings. The topological polar surface area (TPSA) is 21.1 Å². The van der Waals surface area contributed by atoms with Crippen LogP contribution in [0.1, 0.15) is 48.2 Å². The minimum atomic E-state index is 0.568. The van der Waals surface area contributed by atoms with Crippen molar-refractivity contribution in [1.82, 2.24) is 14.5 Å². The molecule has 1 aliphatic carbocycles. The van der Waals surface area contributed by atoms with Crippen LogP contribution in [0.25, 0.3) is 0 Å². The molecule has 1 aromatic heterocycles. The number of aryl methyl sites for hydroxylation is 1. The van der Waals surface area contributed by atoms with Gasteiger partial charge in [0.15, 0.2) is 0 Å². The number of piperidine rings is 1. The van der Waals surface area contributed by atoms with Gasteiger partial charge in [0, 0.05) is 42.1 Å². The molecule has 1 atom stereocenters. The summed E-state index contributed by atoms with van der Waals surface area (Å²) in [5.74, 6) is 0. The van der Waals surface area contributed by atoms with Gasteiger partial charge in [-0.25, -0.2) is 4.98 Å². The second kappa shape index (κ2) is 5.71. The number of aromatic nitrogens is 2. The van der Waals surface area contributed by atoms with Crippen LogP contribution in [0.5, 0.6) is 0 Å². The lowest BCUT2D eigenvalue weighted by Crippen LogP contribution is -2.36. The van der Waals surface area contributed by atoms with Gasteiger partial charge < -0.3 is 4.57 Å². The maximum absolute atomic E-state index is 6.35. The van der Waals surface area contributed by atoms with Crippen LogP contribution in [0.15, 0.2) is 30.7 Å². The molecule has 3 nitrogen and oxygen atoms in total. The van der Waals surface area contributed by atoms with E-state index in [4.69, 9.17) is 11.6 Å². The molecule has 4 heteroatoms. The molecule has 4 rings (SSSR count). The molecule has 1 aromatic carbocycles. The second-order valence-electron chi connectivity index (χ2n) is 6.57. The number of benzene rings is 1. The molecule has 1 aliphatic heterocycles. The van der Waals surface area contributed by atoms with Gasteiger partial charge in [-0.2, -0.15) is 0 Å². The summed E-state index contributed by atoms with van der Waals surface area (Å²) in [6.45, 7) is 4.48. The highest BCUT2D eigenvalue weighted by Gasteiger charge is 2.32. The summed E-state index contributed by atoms with van der Waals surface area (Å²) >= 11 is 6.35. The molecule has 0 unspecified atom stereocenters. The van der Waals surface area contributed by atoms with Gasteiger partial charge in [-0.05, 0) is 49.8 Å². The summed E-state index contributed by atoms with van der Waals surface area (Å²) in [7, 11) is 0. The zero-order valence-corrected chi connectivity index (χ0v) is 13.8. The Kier molecular flexibility index (Phi) is 3.71. The minimum Gasteiger partial charge on any atom is -0.332 e. The lowest BCUT2D eigenvalue weighted by molar-refractivity contribution is 0.134. The van der Waals surface area contributed by atoms with Gasteiger partial charge >= 0.3 is 0 Å². The lowest BCUT2D eigenvalue weighted by atomic mass is 10.00. The van der Waals surface area contributed by atoms with Crippen molar-refractivity contribution in [3.63, 3.8) is 0 Å². The van der Waals surface area contributed by atoms with E-state index < -0.39 is 0 Å². The number of halogens is 1. The number of hydrogen-bond acceptors (Lipinski definition) is 2. The van der Waals surface area contributed by atoms with Crippen LogP contribution in [0.2, 0.25) is 5.02 Å². The van der Waals surface area contributed by atoms with Crippen LogP contribution < -0.4 is 0 Å². The number of rotatable bonds is 2. The highest BCUT2D eigenvalue weighted by molar-refractivity contribution is 6.31. The van der Waals surface area contributed by atoms with Crippen molar-refractivity contribution in [2.75, 3.05) is 13.1 Å². The third-order valence-electron chi connectivity index (χ3n) is 5.37. The molecule has 116 valence electrons. The zero-order chi connectivity index (χ0) is 15.1. The van der Waals surface area contributed by atoms with Crippen molar-refractivity contribution in [1.29, 1.82) is 0 Å². The Morgan fingerprint density at radius 1 is 1.18 bits per heavy atom. The van der Waals surface area contributed by atoms with Crippen molar-refractivity contribution >= 4 is 11.6 Å².